The van der Waals surface area contributed by atoms with Crippen molar-refractivity contribution in [3.63, 3.8) is 0 Å². The minimum Gasteiger partial charge on any atom is -0.469 e. The van der Waals surface area contributed by atoms with E-state index >= 15 is 0 Å². The summed E-state index contributed by atoms with van der Waals surface area (Å²) in [7, 11) is 1.46. The molecular formula is C23H35BrO2. The predicted octanol–water partition coefficient (Wildman–Crippen LogP) is 6.66. The van der Waals surface area contributed by atoms with Crippen LogP contribution in [0.25, 0.3) is 0 Å². The highest BCUT2D eigenvalue weighted by Gasteiger charge is 2.39. The molecule has 0 bridgehead atoms. The maximum atomic E-state index is 11.1. The molecule has 3 heteroatoms. The number of carbonyl (C=O) groups excluding carboxylic acids is 1. The summed E-state index contributed by atoms with van der Waals surface area (Å²) in [6.45, 7) is 6.82. The average Bonchev–Trinajstić information content (AvgIpc) is 3.39. The SMILES string of the molecule is COC(=O)CCC[C@H]1C[C@@H]1C(C)/C=C/C=C(/C)CCCC(C)CC#CBr. The van der Waals surface area contributed by atoms with Gasteiger partial charge in [-0.2, -0.15) is 0 Å². The molecule has 0 radical (unpaired) electrons. The van der Waals surface area contributed by atoms with E-state index in [-0.39, 0.29) is 5.97 Å². The number of hydrogen-bond acceptors (Lipinski definition) is 2. The smallest absolute Gasteiger partial charge is 0.305 e. The van der Waals surface area contributed by atoms with Gasteiger partial charge in [0.25, 0.3) is 0 Å². The van der Waals surface area contributed by atoms with Gasteiger partial charge in [-0.1, -0.05) is 43.6 Å². The van der Waals surface area contributed by atoms with E-state index in [0.717, 1.165) is 31.1 Å². The Morgan fingerprint density at radius 2 is 2.08 bits per heavy atom. The van der Waals surface area contributed by atoms with E-state index in [1.54, 1.807) is 0 Å². The first-order valence-electron chi connectivity index (χ1n) is 9.97. The number of ether oxygens (including phenoxy) is 1. The second kappa shape index (κ2) is 13.2. The van der Waals surface area contributed by atoms with Gasteiger partial charge in [0, 0.05) is 28.8 Å². The molecule has 0 aromatic rings. The molecule has 0 aliphatic heterocycles. The van der Waals surface area contributed by atoms with Crippen LogP contribution in [0.3, 0.4) is 0 Å². The highest BCUT2D eigenvalue weighted by molar-refractivity contribution is 9.12. The molecule has 0 amide bonds. The quantitative estimate of drug-likeness (QED) is 0.199. The van der Waals surface area contributed by atoms with Crippen molar-refractivity contribution in [3.05, 3.63) is 23.8 Å². The van der Waals surface area contributed by atoms with Crippen LogP contribution in [0.2, 0.25) is 0 Å². The molecule has 1 aliphatic carbocycles. The summed E-state index contributed by atoms with van der Waals surface area (Å²) >= 11 is 3.15. The van der Waals surface area contributed by atoms with Gasteiger partial charge in [-0.05, 0) is 73.9 Å². The van der Waals surface area contributed by atoms with Crippen LogP contribution in [0, 0.1) is 34.4 Å². The summed E-state index contributed by atoms with van der Waals surface area (Å²) in [6, 6.07) is 0. The fourth-order valence-electron chi connectivity index (χ4n) is 3.52. The van der Waals surface area contributed by atoms with Gasteiger partial charge in [0.15, 0.2) is 0 Å². The predicted molar refractivity (Wildman–Crippen MR) is 114 cm³/mol. The Bertz CT molecular complexity index is 538. The molecule has 4 atom stereocenters. The van der Waals surface area contributed by atoms with Gasteiger partial charge in [0.2, 0.25) is 0 Å². The molecular weight excluding hydrogens is 388 g/mol. The number of esters is 1. The molecule has 0 spiro atoms. The van der Waals surface area contributed by atoms with Crippen molar-refractivity contribution in [1.82, 2.24) is 0 Å². The summed E-state index contributed by atoms with van der Waals surface area (Å²) in [5.41, 5.74) is 1.46. The van der Waals surface area contributed by atoms with Crippen molar-refractivity contribution >= 4 is 21.9 Å². The van der Waals surface area contributed by atoms with Crippen molar-refractivity contribution < 1.29 is 9.53 Å². The van der Waals surface area contributed by atoms with E-state index < -0.39 is 0 Å². The molecule has 1 aliphatic rings. The van der Waals surface area contributed by atoms with E-state index in [4.69, 9.17) is 4.74 Å². The third kappa shape index (κ3) is 10.2. The fourth-order valence-corrected chi connectivity index (χ4v) is 3.68. The highest BCUT2D eigenvalue weighted by atomic mass is 79.9. The normalized spacial score (nSPS) is 21.8. The summed E-state index contributed by atoms with van der Waals surface area (Å²) < 4.78 is 4.70. The summed E-state index contributed by atoms with van der Waals surface area (Å²) in [5, 5.41) is 0. The Morgan fingerprint density at radius 3 is 2.77 bits per heavy atom. The number of methoxy groups -OCH3 is 1. The Morgan fingerprint density at radius 1 is 1.31 bits per heavy atom. The molecule has 2 unspecified atom stereocenters. The Balaban J connectivity index is 2.18. The summed E-state index contributed by atoms with van der Waals surface area (Å²) in [5.74, 6) is 5.91. The zero-order valence-electron chi connectivity index (χ0n) is 16.9. The number of halogens is 1. The first kappa shape index (κ1) is 23.0. The Kier molecular flexibility index (Phi) is 11.7. The lowest BCUT2D eigenvalue weighted by Gasteiger charge is -2.07. The van der Waals surface area contributed by atoms with Crippen LogP contribution in [-0.2, 0) is 9.53 Å². The minimum atomic E-state index is -0.0822. The van der Waals surface area contributed by atoms with E-state index in [9.17, 15) is 4.79 Å². The molecule has 146 valence electrons. The standard InChI is InChI=1S/C23H35BrO2/c1-18(9-5-10-19(2)12-8-16-24)11-6-13-20(3)22-17-21(22)14-7-15-23(25)26-4/h6,11,13,19-22H,5,7,9-10,12,14-15,17H2,1-4H3/b13-6+,18-11-/t19?,20?,21-,22+/m0/s1. The van der Waals surface area contributed by atoms with Crippen molar-refractivity contribution in [2.24, 2.45) is 23.7 Å². The third-order valence-corrected chi connectivity index (χ3v) is 5.70. The number of rotatable bonds is 12. The molecule has 0 N–H and O–H groups in total. The largest absolute Gasteiger partial charge is 0.469 e. The van der Waals surface area contributed by atoms with E-state index in [2.05, 4.69) is 65.7 Å². The molecule has 0 aromatic carbocycles. The Hall–Kier alpha value is -1.01. The van der Waals surface area contributed by atoms with Crippen LogP contribution in [0.5, 0.6) is 0 Å². The van der Waals surface area contributed by atoms with Crippen molar-refractivity contribution in [2.45, 2.75) is 72.1 Å². The van der Waals surface area contributed by atoms with Crippen molar-refractivity contribution in [1.29, 1.82) is 0 Å². The lowest BCUT2D eigenvalue weighted by atomic mass is 9.98. The van der Waals surface area contributed by atoms with Gasteiger partial charge in [-0.3, -0.25) is 4.79 Å². The van der Waals surface area contributed by atoms with E-state index in [1.807, 2.05) is 0 Å². The van der Waals surface area contributed by atoms with Crippen molar-refractivity contribution in [3.8, 4) is 10.8 Å². The van der Waals surface area contributed by atoms with E-state index in [1.165, 1.54) is 38.4 Å². The zero-order chi connectivity index (χ0) is 19.4. The van der Waals surface area contributed by atoms with Gasteiger partial charge in [-0.15, -0.1) is 0 Å². The maximum absolute atomic E-state index is 11.1. The van der Waals surface area contributed by atoms with Crippen LogP contribution in [0.15, 0.2) is 23.8 Å². The van der Waals surface area contributed by atoms with Gasteiger partial charge in [-0.25, -0.2) is 0 Å². The second-order valence-corrected chi connectivity index (χ2v) is 8.25. The van der Waals surface area contributed by atoms with E-state index in [0.29, 0.717) is 18.3 Å². The van der Waals surface area contributed by atoms with Gasteiger partial charge in [0.1, 0.15) is 0 Å². The van der Waals surface area contributed by atoms with Crippen LogP contribution in [0.1, 0.15) is 72.1 Å². The summed E-state index contributed by atoms with van der Waals surface area (Å²) in [6.07, 6.45) is 15.5. The lowest BCUT2D eigenvalue weighted by Crippen LogP contribution is -2.00. The molecule has 0 saturated heterocycles. The molecule has 2 nitrogen and oxygen atoms in total. The topological polar surface area (TPSA) is 26.3 Å². The van der Waals surface area contributed by atoms with Crippen LogP contribution in [0.4, 0.5) is 0 Å². The molecule has 1 fully saturated rings. The monoisotopic (exact) mass is 422 g/mol. The van der Waals surface area contributed by atoms with Gasteiger partial charge >= 0.3 is 5.97 Å². The number of hydrogen-bond donors (Lipinski definition) is 0. The van der Waals surface area contributed by atoms with Crippen LogP contribution < -0.4 is 0 Å². The molecule has 0 aromatic heterocycles. The Labute approximate surface area is 169 Å². The lowest BCUT2D eigenvalue weighted by molar-refractivity contribution is -0.140. The molecule has 1 saturated carbocycles. The fraction of sp³-hybridized carbons (Fsp3) is 0.696. The third-order valence-electron chi connectivity index (χ3n) is 5.42. The molecule has 26 heavy (non-hydrogen) atoms. The number of allylic oxidation sites excluding steroid dienone is 4. The first-order valence-corrected chi connectivity index (χ1v) is 10.8. The van der Waals surface area contributed by atoms with Crippen molar-refractivity contribution in [2.75, 3.05) is 7.11 Å². The van der Waals surface area contributed by atoms with Crippen LogP contribution >= 0.6 is 15.9 Å². The molecule has 1 rings (SSSR count). The summed E-state index contributed by atoms with van der Waals surface area (Å²) in [4.78, 5) is 13.9. The molecule has 0 heterocycles. The van der Waals surface area contributed by atoms with Crippen LogP contribution in [-0.4, -0.2) is 13.1 Å². The second-order valence-electron chi connectivity index (χ2n) is 7.86. The highest BCUT2D eigenvalue weighted by Crippen LogP contribution is 2.47. The first-order chi connectivity index (χ1) is 12.5. The minimum absolute atomic E-state index is 0.0822. The maximum Gasteiger partial charge on any atom is 0.305 e. The van der Waals surface area contributed by atoms with Gasteiger partial charge in [0.05, 0.1) is 7.11 Å². The number of carbonyl (C=O) groups is 1. The zero-order valence-corrected chi connectivity index (χ0v) is 18.5. The van der Waals surface area contributed by atoms with Gasteiger partial charge < -0.3 is 4.74 Å². The average molecular weight is 423 g/mol.